The molecule has 0 radical (unpaired) electrons. The predicted octanol–water partition coefficient (Wildman–Crippen LogP) is 6.10. The van der Waals surface area contributed by atoms with E-state index in [2.05, 4.69) is 57.8 Å². The molecule has 2 heterocycles. The number of pyridine rings is 1. The highest BCUT2D eigenvalue weighted by atomic mass is 35.5. The molecule has 1 unspecified atom stereocenters. The Kier molecular flexibility index (Phi) is 8.05. The molecule has 214 valence electrons. The highest BCUT2D eigenvalue weighted by Crippen LogP contribution is 2.39. The minimum absolute atomic E-state index is 0.194. The summed E-state index contributed by atoms with van der Waals surface area (Å²) in [5.74, 6) is 0. The van der Waals surface area contributed by atoms with E-state index in [4.69, 9.17) is 23.2 Å². The van der Waals surface area contributed by atoms with Crippen molar-refractivity contribution in [1.29, 1.82) is 10.5 Å². The summed E-state index contributed by atoms with van der Waals surface area (Å²) < 4.78 is 0. The normalized spacial score (nSPS) is 16.4. The van der Waals surface area contributed by atoms with Gasteiger partial charge in [0.2, 0.25) is 0 Å². The summed E-state index contributed by atoms with van der Waals surface area (Å²) >= 11 is 13.1. The van der Waals surface area contributed by atoms with E-state index in [-0.39, 0.29) is 6.04 Å². The average Bonchev–Trinajstić information content (AvgIpc) is 3.75. The summed E-state index contributed by atoms with van der Waals surface area (Å²) in [6.07, 6.45) is 6.86. The number of benzene rings is 3. The van der Waals surface area contributed by atoms with Gasteiger partial charge in [0.25, 0.3) is 0 Å². The first-order valence-electron chi connectivity index (χ1n) is 14.2. The standard InChI is InChI=1S/C32H29BCl2N8/c33-32(22-8-10-23(34)11-9-22,29-19-43(42-41-29)25-12-13-25)40-24-15-26-30(21(17-37)18-38-31(26)27(35)16-24)39-28(7-4-14-36)20-5-2-1-3-6-20/h1-3,5-6,8-11,15-16,18-19,25,28,40-42H,4,7,12-13,33H2,(H,38,39)/t28-,32?/m1/s1. The van der Waals surface area contributed by atoms with Gasteiger partial charge >= 0.3 is 0 Å². The minimum atomic E-state index is -0.703. The minimum Gasteiger partial charge on any atom is -0.378 e. The molecular weight excluding hydrogens is 578 g/mol. The smallest absolute Gasteiger partial charge is 0.148 e. The summed E-state index contributed by atoms with van der Waals surface area (Å²) in [6.45, 7) is 0. The Morgan fingerprint density at radius 2 is 1.86 bits per heavy atom. The molecule has 1 fully saturated rings. The summed E-state index contributed by atoms with van der Waals surface area (Å²) in [5.41, 5.74) is 11.2. The Bertz CT molecular complexity index is 1760. The number of aromatic nitrogens is 1. The molecule has 2 atom stereocenters. The molecule has 0 bridgehead atoms. The van der Waals surface area contributed by atoms with Crippen LogP contribution in [0.1, 0.15) is 48.4 Å². The summed E-state index contributed by atoms with van der Waals surface area (Å²) in [5, 5.41) is 30.6. The number of anilines is 2. The van der Waals surface area contributed by atoms with Crippen LogP contribution in [0.4, 0.5) is 11.4 Å². The Labute approximate surface area is 261 Å². The Hall–Kier alpha value is -4.41. The van der Waals surface area contributed by atoms with Crippen LogP contribution in [0.3, 0.4) is 0 Å². The van der Waals surface area contributed by atoms with E-state index in [1.54, 1.807) is 6.20 Å². The second-order valence-electron chi connectivity index (χ2n) is 11.0. The van der Waals surface area contributed by atoms with Crippen LogP contribution in [0.15, 0.2) is 84.8 Å². The lowest BCUT2D eigenvalue weighted by Crippen LogP contribution is -2.45. The molecule has 3 aromatic carbocycles. The second-order valence-corrected chi connectivity index (χ2v) is 11.8. The van der Waals surface area contributed by atoms with Gasteiger partial charge in [-0.05, 0) is 54.7 Å². The summed E-state index contributed by atoms with van der Waals surface area (Å²) in [4.78, 5) is 4.54. The van der Waals surface area contributed by atoms with E-state index in [1.165, 1.54) is 0 Å². The molecule has 11 heteroatoms. The maximum Gasteiger partial charge on any atom is 0.148 e. The van der Waals surface area contributed by atoms with Crippen molar-refractivity contribution in [3.05, 3.63) is 112 Å². The fourth-order valence-corrected chi connectivity index (χ4v) is 5.86. The first-order chi connectivity index (χ1) is 20.9. The molecule has 0 saturated heterocycles. The van der Waals surface area contributed by atoms with E-state index in [0.29, 0.717) is 51.1 Å². The number of rotatable bonds is 10. The number of nitrogens with one attached hydrogen (secondary N) is 4. The van der Waals surface area contributed by atoms with E-state index in [1.807, 2.05) is 66.7 Å². The molecule has 1 aliphatic carbocycles. The number of fused-ring (bicyclic) bond motifs is 1. The second kappa shape index (κ2) is 12.1. The van der Waals surface area contributed by atoms with E-state index < -0.39 is 5.44 Å². The lowest BCUT2D eigenvalue weighted by Gasteiger charge is -2.34. The van der Waals surface area contributed by atoms with Crippen LogP contribution >= 0.6 is 23.2 Å². The van der Waals surface area contributed by atoms with Crippen LogP contribution in [-0.4, -0.2) is 23.9 Å². The average molecular weight is 607 g/mol. The fourth-order valence-electron chi connectivity index (χ4n) is 5.46. The number of hydrogen-bond acceptors (Lipinski definition) is 8. The third-order valence-electron chi connectivity index (χ3n) is 7.99. The molecule has 1 saturated carbocycles. The molecular formula is C32H29BCl2N8. The van der Waals surface area contributed by atoms with Gasteiger partial charge in [0.1, 0.15) is 13.9 Å². The van der Waals surface area contributed by atoms with Crippen molar-refractivity contribution in [3.8, 4) is 12.1 Å². The molecule has 0 amide bonds. The van der Waals surface area contributed by atoms with Gasteiger partial charge in [-0.25, -0.2) is 0 Å². The lowest BCUT2D eigenvalue weighted by atomic mass is 9.69. The molecule has 4 aromatic rings. The van der Waals surface area contributed by atoms with Crippen molar-refractivity contribution >= 4 is 53.3 Å². The zero-order chi connectivity index (χ0) is 30.0. The number of hydrogen-bond donors (Lipinski definition) is 4. The van der Waals surface area contributed by atoms with Gasteiger partial charge in [-0.2, -0.15) is 10.5 Å². The van der Waals surface area contributed by atoms with Gasteiger partial charge in [-0.3, -0.25) is 9.99 Å². The Morgan fingerprint density at radius 1 is 1.09 bits per heavy atom. The van der Waals surface area contributed by atoms with E-state index in [0.717, 1.165) is 35.4 Å². The van der Waals surface area contributed by atoms with Crippen LogP contribution in [0.25, 0.3) is 10.9 Å². The predicted molar refractivity (Wildman–Crippen MR) is 174 cm³/mol. The number of nitrogens with zero attached hydrogens (tertiary/aromatic N) is 4. The van der Waals surface area contributed by atoms with Crippen LogP contribution in [-0.2, 0) is 5.44 Å². The largest absolute Gasteiger partial charge is 0.378 e. The molecule has 0 spiro atoms. The Morgan fingerprint density at radius 3 is 2.56 bits per heavy atom. The molecule has 2 aliphatic rings. The van der Waals surface area contributed by atoms with Gasteiger partial charge in [-0.15, -0.1) is 5.53 Å². The molecule has 6 rings (SSSR count). The molecule has 1 aromatic heterocycles. The lowest BCUT2D eigenvalue weighted by molar-refractivity contribution is 0.260. The van der Waals surface area contributed by atoms with Gasteiger partial charge in [0.05, 0.1) is 45.0 Å². The highest BCUT2D eigenvalue weighted by Gasteiger charge is 2.38. The van der Waals surface area contributed by atoms with Crippen molar-refractivity contribution in [1.82, 2.24) is 21.0 Å². The third kappa shape index (κ3) is 5.93. The van der Waals surface area contributed by atoms with Crippen LogP contribution in [0, 0.1) is 22.7 Å². The number of hydrazine groups is 2. The van der Waals surface area contributed by atoms with Gasteiger partial charge in [0.15, 0.2) is 0 Å². The zero-order valence-electron chi connectivity index (χ0n) is 23.5. The zero-order valence-corrected chi connectivity index (χ0v) is 25.0. The maximum atomic E-state index is 10.1. The topological polar surface area (TPSA) is 112 Å². The van der Waals surface area contributed by atoms with Crippen molar-refractivity contribution < 1.29 is 0 Å². The van der Waals surface area contributed by atoms with Crippen molar-refractivity contribution in [3.63, 3.8) is 0 Å². The van der Waals surface area contributed by atoms with Gasteiger partial charge < -0.3 is 16.1 Å². The van der Waals surface area contributed by atoms with Crippen LogP contribution in [0.2, 0.25) is 10.0 Å². The summed E-state index contributed by atoms with van der Waals surface area (Å²) in [7, 11) is 2.10. The first kappa shape index (κ1) is 28.7. The van der Waals surface area contributed by atoms with Crippen molar-refractivity contribution in [2.24, 2.45) is 0 Å². The van der Waals surface area contributed by atoms with E-state index >= 15 is 0 Å². The number of nitriles is 2. The summed E-state index contributed by atoms with van der Waals surface area (Å²) in [6, 6.07) is 26.3. The molecule has 43 heavy (non-hydrogen) atoms. The van der Waals surface area contributed by atoms with Crippen molar-refractivity contribution in [2.75, 3.05) is 10.6 Å². The number of halogens is 2. The Balaban J connectivity index is 1.44. The monoisotopic (exact) mass is 606 g/mol. The van der Waals surface area contributed by atoms with E-state index in [9.17, 15) is 10.5 Å². The maximum absolute atomic E-state index is 10.1. The molecule has 1 aliphatic heterocycles. The van der Waals surface area contributed by atoms with Gasteiger partial charge in [0, 0.05) is 41.0 Å². The van der Waals surface area contributed by atoms with Crippen molar-refractivity contribution in [2.45, 2.75) is 43.2 Å². The van der Waals surface area contributed by atoms with Gasteiger partial charge in [-0.1, -0.05) is 65.7 Å². The molecule has 8 nitrogen and oxygen atoms in total. The van der Waals surface area contributed by atoms with Crippen LogP contribution in [0.5, 0.6) is 0 Å². The first-order valence-corrected chi connectivity index (χ1v) is 14.9. The third-order valence-corrected chi connectivity index (χ3v) is 8.53. The highest BCUT2D eigenvalue weighted by molar-refractivity contribution is 6.36. The quantitative estimate of drug-likeness (QED) is 0.160. The SMILES string of the molecule is BC(Nc1cc(Cl)c2ncc(C#N)c(N[C@H](CCC#N)c3ccccc3)c2c1)(C1=CN(C2CC2)NN1)c1ccc(Cl)cc1. The molecule has 4 N–H and O–H groups in total. The van der Waals surface area contributed by atoms with Crippen LogP contribution < -0.4 is 21.6 Å². The fraction of sp³-hybridized carbons (Fsp3) is 0.219.